The molecule has 0 radical (unpaired) electrons. The molecule has 5 rings (SSSR count). The van der Waals surface area contributed by atoms with Crippen LogP contribution in [0.2, 0.25) is 0 Å². The summed E-state index contributed by atoms with van der Waals surface area (Å²) in [6.07, 6.45) is 10.6. The Labute approximate surface area is 207 Å². The summed E-state index contributed by atoms with van der Waals surface area (Å²) in [6, 6.07) is 7.04. The van der Waals surface area contributed by atoms with Gasteiger partial charge in [0.05, 0.1) is 18.6 Å². The lowest BCUT2D eigenvalue weighted by atomic mass is 9.88. The molecule has 1 saturated heterocycles. The molecule has 0 spiro atoms. The van der Waals surface area contributed by atoms with Gasteiger partial charge in [-0.05, 0) is 73.8 Å². The largest absolute Gasteiger partial charge is 0.496 e. The second-order valence-corrected chi connectivity index (χ2v) is 11.8. The Hall–Kier alpha value is -2.10. The number of carbonyl (C=O) groups excluding carboxylic acids is 1. The standard InChI is InChI=1S/C23H30N3O2P.C5H10/c1-14-8-18(6-7-20(14)28-5)21-10-22(27)26-13-19(9-15(2)23(26)29-21)25-11-16(3)24-17(4)12-25;1-5-3-2-4-5/h6-10,13,16-17,23-24,29H,11-12H2,1-5H3;5H,2-4H2,1H3/t16-,17+,23?;. The molecule has 2 unspecified atom stereocenters. The maximum atomic E-state index is 13.0. The van der Waals surface area contributed by atoms with Crippen molar-refractivity contribution in [2.24, 2.45) is 5.92 Å². The molecule has 6 heteroatoms. The third-order valence-corrected chi connectivity index (χ3v) is 8.94. The van der Waals surface area contributed by atoms with Crippen molar-refractivity contribution in [2.45, 2.75) is 71.7 Å². The lowest BCUT2D eigenvalue weighted by Gasteiger charge is -2.42. The van der Waals surface area contributed by atoms with E-state index >= 15 is 0 Å². The van der Waals surface area contributed by atoms with Crippen molar-refractivity contribution in [3.05, 3.63) is 58.9 Å². The van der Waals surface area contributed by atoms with Gasteiger partial charge in [-0.25, -0.2) is 0 Å². The number of hydrogen-bond donors (Lipinski definition) is 1. The van der Waals surface area contributed by atoms with Gasteiger partial charge in [0, 0.05) is 37.4 Å². The maximum Gasteiger partial charge on any atom is 0.252 e. The first-order valence-electron chi connectivity index (χ1n) is 12.6. The first-order valence-corrected chi connectivity index (χ1v) is 13.7. The Morgan fingerprint density at radius 3 is 2.29 bits per heavy atom. The molecule has 34 heavy (non-hydrogen) atoms. The lowest BCUT2D eigenvalue weighted by molar-refractivity contribution is -0.124. The Morgan fingerprint density at radius 2 is 1.74 bits per heavy atom. The Bertz CT molecular complexity index is 1000. The zero-order chi connectivity index (χ0) is 24.4. The highest BCUT2D eigenvalue weighted by Crippen LogP contribution is 2.47. The van der Waals surface area contributed by atoms with Crippen LogP contribution in [0.4, 0.5) is 0 Å². The number of carbonyl (C=O) groups is 1. The number of allylic oxidation sites excluding steroid dienone is 1. The summed E-state index contributed by atoms with van der Waals surface area (Å²) in [4.78, 5) is 17.4. The van der Waals surface area contributed by atoms with E-state index in [9.17, 15) is 4.79 Å². The number of piperazine rings is 1. The summed E-state index contributed by atoms with van der Waals surface area (Å²) >= 11 is 0. The molecule has 3 heterocycles. The van der Waals surface area contributed by atoms with E-state index in [4.69, 9.17) is 4.74 Å². The molecule has 4 aliphatic rings. The minimum absolute atomic E-state index is 0.0680. The summed E-state index contributed by atoms with van der Waals surface area (Å²) < 4.78 is 5.38. The highest BCUT2D eigenvalue weighted by Gasteiger charge is 2.33. The van der Waals surface area contributed by atoms with Crippen LogP contribution in [-0.2, 0) is 4.79 Å². The van der Waals surface area contributed by atoms with E-state index in [0.29, 0.717) is 20.7 Å². The second kappa shape index (κ2) is 10.7. The van der Waals surface area contributed by atoms with Gasteiger partial charge in [-0.1, -0.05) is 40.8 Å². The zero-order valence-corrected chi connectivity index (χ0v) is 22.5. The molecule has 0 bridgehead atoms. The first kappa shape index (κ1) is 25.0. The SMILES string of the molecule is CC1CCC1.COc1ccc(C2=CC(=O)N3C=C(N4C[C@@H](C)N[C@@H](C)C4)C=C(C)C3P2)cc1C. The van der Waals surface area contributed by atoms with Gasteiger partial charge in [-0.2, -0.15) is 0 Å². The second-order valence-electron chi connectivity index (χ2n) is 10.4. The maximum absolute atomic E-state index is 13.0. The molecule has 1 aromatic rings. The molecule has 4 atom stereocenters. The van der Waals surface area contributed by atoms with Crippen LogP contribution in [0.5, 0.6) is 5.75 Å². The molecular weight excluding hydrogens is 441 g/mol. The van der Waals surface area contributed by atoms with Crippen LogP contribution in [0.3, 0.4) is 0 Å². The van der Waals surface area contributed by atoms with Crippen LogP contribution in [0, 0.1) is 12.8 Å². The number of nitrogens with one attached hydrogen (secondary N) is 1. The van der Waals surface area contributed by atoms with Gasteiger partial charge in [0.2, 0.25) is 0 Å². The van der Waals surface area contributed by atoms with Gasteiger partial charge in [-0.3, -0.25) is 4.79 Å². The summed E-state index contributed by atoms with van der Waals surface area (Å²) in [7, 11) is 2.22. The van der Waals surface area contributed by atoms with Crippen molar-refractivity contribution in [3.8, 4) is 5.75 Å². The van der Waals surface area contributed by atoms with Crippen molar-refractivity contribution < 1.29 is 9.53 Å². The molecule has 184 valence electrons. The third kappa shape index (κ3) is 5.58. The molecule has 2 fully saturated rings. The summed E-state index contributed by atoms with van der Waals surface area (Å²) in [5, 5.41) is 4.70. The summed E-state index contributed by atoms with van der Waals surface area (Å²) in [5.74, 6) is 2.13. The van der Waals surface area contributed by atoms with E-state index in [-0.39, 0.29) is 11.7 Å². The average Bonchev–Trinajstić information content (AvgIpc) is 2.77. The van der Waals surface area contributed by atoms with Crippen molar-refractivity contribution in [1.29, 1.82) is 0 Å². The van der Waals surface area contributed by atoms with Crippen molar-refractivity contribution in [3.63, 3.8) is 0 Å². The molecule has 1 aliphatic carbocycles. The van der Waals surface area contributed by atoms with E-state index in [1.165, 1.54) is 24.8 Å². The van der Waals surface area contributed by atoms with E-state index in [0.717, 1.165) is 46.9 Å². The number of aryl methyl sites for hydroxylation is 1. The lowest BCUT2D eigenvalue weighted by Crippen LogP contribution is -2.54. The summed E-state index contributed by atoms with van der Waals surface area (Å²) in [6.45, 7) is 12.8. The quantitative estimate of drug-likeness (QED) is 0.581. The average molecular weight is 482 g/mol. The molecular formula is C28H40N3O2P. The highest BCUT2D eigenvalue weighted by atomic mass is 31.1. The number of amides is 1. The molecule has 5 nitrogen and oxygen atoms in total. The van der Waals surface area contributed by atoms with E-state index < -0.39 is 0 Å². The van der Waals surface area contributed by atoms with Gasteiger partial charge < -0.3 is 19.9 Å². The van der Waals surface area contributed by atoms with Crippen LogP contribution >= 0.6 is 8.58 Å². The number of fused-ring (bicyclic) bond motifs is 1. The predicted octanol–water partition coefficient (Wildman–Crippen LogP) is 5.48. The molecule has 3 aliphatic heterocycles. The van der Waals surface area contributed by atoms with Gasteiger partial charge in [0.1, 0.15) is 5.75 Å². The smallest absolute Gasteiger partial charge is 0.252 e. The molecule has 1 N–H and O–H groups in total. The van der Waals surface area contributed by atoms with Crippen LogP contribution in [-0.4, -0.2) is 53.8 Å². The highest BCUT2D eigenvalue weighted by molar-refractivity contribution is 7.51. The predicted molar refractivity (Wildman–Crippen MR) is 143 cm³/mol. The number of hydrogen-bond acceptors (Lipinski definition) is 4. The zero-order valence-electron chi connectivity index (χ0n) is 21.5. The number of nitrogens with zero attached hydrogens (tertiary/aromatic N) is 2. The first-order chi connectivity index (χ1) is 16.2. The van der Waals surface area contributed by atoms with E-state index in [2.05, 4.69) is 62.3 Å². The van der Waals surface area contributed by atoms with Crippen LogP contribution in [0.25, 0.3) is 5.31 Å². The van der Waals surface area contributed by atoms with Gasteiger partial charge in [0.25, 0.3) is 5.91 Å². The number of benzene rings is 1. The fourth-order valence-corrected chi connectivity index (χ4v) is 6.56. The number of methoxy groups -OCH3 is 1. The Morgan fingerprint density at radius 1 is 1.06 bits per heavy atom. The fourth-order valence-electron chi connectivity index (χ4n) is 5.08. The topological polar surface area (TPSA) is 44.8 Å². The van der Waals surface area contributed by atoms with Crippen LogP contribution in [0.15, 0.2) is 47.8 Å². The monoisotopic (exact) mass is 481 g/mol. The van der Waals surface area contributed by atoms with Gasteiger partial charge >= 0.3 is 0 Å². The molecule has 1 amide bonds. The Balaban J connectivity index is 0.000000486. The summed E-state index contributed by atoms with van der Waals surface area (Å²) in [5.41, 5.74) is 4.60. The van der Waals surface area contributed by atoms with Crippen molar-refractivity contribution in [2.75, 3.05) is 20.2 Å². The third-order valence-electron chi connectivity index (χ3n) is 7.19. The molecule has 0 aromatic heterocycles. The fraction of sp³-hybridized carbons (Fsp3) is 0.536. The Kier molecular flexibility index (Phi) is 7.84. The number of rotatable bonds is 3. The van der Waals surface area contributed by atoms with Crippen molar-refractivity contribution >= 4 is 19.8 Å². The van der Waals surface area contributed by atoms with E-state index in [1.54, 1.807) is 7.11 Å². The minimum Gasteiger partial charge on any atom is -0.496 e. The van der Waals surface area contributed by atoms with E-state index in [1.807, 2.05) is 24.0 Å². The van der Waals surface area contributed by atoms with Crippen LogP contribution < -0.4 is 10.1 Å². The van der Waals surface area contributed by atoms with Crippen molar-refractivity contribution in [1.82, 2.24) is 15.1 Å². The molecule has 1 saturated carbocycles. The number of ether oxygens (including phenoxy) is 1. The van der Waals surface area contributed by atoms with Gasteiger partial charge in [0.15, 0.2) is 0 Å². The normalized spacial score (nSPS) is 27.6. The molecule has 1 aromatic carbocycles. The minimum atomic E-state index is 0.0680. The van der Waals surface area contributed by atoms with Crippen LogP contribution in [0.1, 0.15) is 58.1 Å². The van der Waals surface area contributed by atoms with Gasteiger partial charge in [-0.15, -0.1) is 0 Å².